The van der Waals surface area contributed by atoms with Crippen LogP contribution in [0.5, 0.6) is 0 Å². The van der Waals surface area contributed by atoms with Crippen molar-refractivity contribution in [3.8, 4) is 0 Å². The van der Waals surface area contributed by atoms with E-state index in [4.69, 9.17) is 9.05 Å². The lowest BCUT2D eigenvalue weighted by Gasteiger charge is -2.26. The van der Waals surface area contributed by atoms with Crippen LogP contribution in [0.15, 0.2) is 0 Å². The maximum atomic E-state index is 12.6. The summed E-state index contributed by atoms with van der Waals surface area (Å²) < 4.78 is 23.2. The normalized spacial score (nSPS) is 15.3. The van der Waals surface area contributed by atoms with Crippen molar-refractivity contribution in [2.24, 2.45) is 0 Å². The second kappa shape index (κ2) is 22.3. The minimum atomic E-state index is -4.28. The highest BCUT2D eigenvalue weighted by molar-refractivity contribution is 7.47. The number of rotatable bonds is 26. The lowest BCUT2D eigenvalue weighted by atomic mass is 10.0. The second-order valence-electron chi connectivity index (χ2n) is 11.5. The van der Waals surface area contributed by atoms with Crippen molar-refractivity contribution in [3.05, 3.63) is 0 Å². The molecule has 0 fully saturated rings. The van der Waals surface area contributed by atoms with Crippen molar-refractivity contribution in [2.75, 3.05) is 40.9 Å². The van der Waals surface area contributed by atoms with E-state index in [0.717, 1.165) is 38.5 Å². The molecule has 0 radical (unpaired) electrons. The van der Waals surface area contributed by atoms with Crippen LogP contribution in [0.25, 0.3) is 0 Å². The molecule has 0 aromatic carbocycles. The molecular weight excluding hydrogens is 491 g/mol. The Morgan fingerprint density at radius 1 is 0.811 bits per heavy atom. The Bertz CT molecular complexity index is 600. The lowest BCUT2D eigenvalue weighted by Crippen LogP contribution is -2.46. The van der Waals surface area contributed by atoms with Crippen LogP contribution in [0.3, 0.4) is 0 Å². The minimum Gasteiger partial charge on any atom is -0.391 e. The number of hydrogen-bond donors (Lipinski definition) is 3. The standard InChI is InChI=1S/C28H59N2O6P/c1-6-8-10-12-14-16-18-20-22-28(32)29-26(27(31)21-19-17-15-13-11-9-7-2)25-36-37(33,34)35-24-23-30(3,4)5/h26-27,31H,6-25H2,1-5H3,(H-,29,32,33,34)/p+1. The number of likely N-dealkylation sites (N-methyl/N-ethyl adjacent to an activating group) is 1. The summed E-state index contributed by atoms with van der Waals surface area (Å²) >= 11 is 0. The minimum absolute atomic E-state index is 0.0767. The first kappa shape index (κ1) is 36.5. The Kier molecular flexibility index (Phi) is 22.0. The number of carbonyl (C=O) groups excluding carboxylic acids is 1. The van der Waals surface area contributed by atoms with Gasteiger partial charge in [0.15, 0.2) is 0 Å². The van der Waals surface area contributed by atoms with Crippen LogP contribution in [0, 0.1) is 0 Å². The predicted molar refractivity (Wildman–Crippen MR) is 152 cm³/mol. The van der Waals surface area contributed by atoms with Gasteiger partial charge in [-0.15, -0.1) is 0 Å². The summed E-state index contributed by atoms with van der Waals surface area (Å²) in [6.45, 7) is 4.77. The molecule has 37 heavy (non-hydrogen) atoms. The zero-order valence-corrected chi connectivity index (χ0v) is 25.6. The van der Waals surface area contributed by atoms with E-state index in [2.05, 4.69) is 19.2 Å². The molecule has 3 unspecified atom stereocenters. The van der Waals surface area contributed by atoms with Crippen LogP contribution >= 0.6 is 7.82 Å². The second-order valence-corrected chi connectivity index (χ2v) is 12.9. The van der Waals surface area contributed by atoms with Gasteiger partial charge >= 0.3 is 7.82 Å². The number of nitrogens with zero attached hydrogens (tertiary/aromatic N) is 1. The quantitative estimate of drug-likeness (QED) is 0.0658. The third-order valence-corrected chi connectivity index (χ3v) is 7.59. The Morgan fingerprint density at radius 3 is 1.81 bits per heavy atom. The van der Waals surface area contributed by atoms with Gasteiger partial charge in [0.2, 0.25) is 5.91 Å². The topological polar surface area (TPSA) is 105 Å². The molecule has 0 saturated heterocycles. The molecule has 0 aliphatic heterocycles. The van der Waals surface area contributed by atoms with Crippen molar-refractivity contribution in [3.63, 3.8) is 0 Å². The molecule has 0 heterocycles. The van der Waals surface area contributed by atoms with Gasteiger partial charge in [0.1, 0.15) is 13.2 Å². The molecule has 0 aliphatic carbocycles. The Labute approximate surface area is 228 Å². The molecule has 0 aromatic rings. The van der Waals surface area contributed by atoms with E-state index in [9.17, 15) is 19.4 Å². The van der Waals surface area contributed by atoms with E-state index < -0.39 is 20.0 Å². The SMILES string of the molecule is CCCCCCCCCCC(=O)NC(COP(=O)(O)OCC[N+](C)(C)C)C(O)CCCCCCCCC. The van der Waals surface area contributed by atoms with Gasteiger partial charge < -0.3 is 19.8 Å². The molecule has 0 aromatic heterocycles. The highest BCUT2D eigenvalue weighted by Gasteiger charge is 2.28. The fraction of sp³-hybridized carbons (Fsp3) is 0.964. The predicted octanol–water partition coefficient (Wildman–Crippen LogP) is 6.34. The molecular formula is C28H60N2O6P+. The highest BCUT2D eigenvalue weighted by atomic mass is 31.2. The molecule has 0 rings (SSSR count). The van der Waals surface area contributed by atoms with Crippen molar-refractivity contribution in [1.82, 2.24) is 5.32 Å². The largest absolute Gasteiger partial charge is 0.472 e. The van der Waals surface area contributed by atoms with Crippen molar-refractivity contribution >= 4 is 13.7 Å². The van der Waals surface area contributed by atoms with Crippen LogP contribution in [0.4, 0.5) is 0 Å². The molecule has 3 N–H and O–H groups in total. The summed E-state index contributed by atoms with van der Waals surface area (Å²) in [6, 6.07) is -0.746. The third-order valence-electron chi connectivity index (χ3n) is 6.61. The summed E-state index contributed by atoms with van der Waals surface area (Å²) in [5.41, 5.74) is 0. The highest BCUT2D eigenvalue weighted by Crippen LogP contribution is 2.43. The smallest absolute Gasteiger partial charge is 0.391 e. The van der Waals surface area contributed by atoms with E-state index in [0.29, 0.717) is 23.9 Å². The van der Waals surface area contributed by atoms with Gasteiger partial charge in [0.25, 0.3) is 0 Å². The number of aliphatic hydroxyl groups excluding tert-OH is 1. The molecule has 3 atom stereocenters. The number of carbonyl (C=O) groups is 1. The Balaban J connectivity index is 4.61. The average molecular weight is 552 g/mol. The maximum absolute atomic E-state index is 12.6. The monoisotopic (exact) mass is 551 g/mol. The van der Waals surface area contributed by atoms with Gasteiger partial charge in [0.05, 0.1) is 39.9 Å². The van der Waals surface area contributed by atoms with Gasteiger partial charge in [-0.3, -0.25) is 13.8 Å². The van der Waals surface area contributed by atoms with Gasteiger partial charge in [-0.1, -0.05) is 104 Å². The molecule has 0 aliphatic rings. The molecule has 9 heteroatoms. The number of phosphoric acid groups is 1. The zero-order chi connectivity index (χ0) is 28.0. The molecule has 1 amide bonds. The number of nitrogens with one attached hydrogen (secondary N) is 1. The number of amides is 1. The molecule has 222 valence electrons. The van der Waals surface area contributed by atoms with Gasteiger partial charge in [-0.25, -0.2) is 4.57 Å². The molecule has 8 nitrogen and oxygen atoms in total. The summed E-state index contributed by atoms with van der Waals surface area (Å²) in [5, 5.41) is 13.6. The number of unbranched alkanes of at least 4 members (excludes halogenated alkanes) is 13. The first-order valence-corrected chi connectivity index (χ1v) is 16.4. The van der Waals surface area contributed by atoms with Gasteiger partial charge in [0, 0.05) is 6.42 Å². The Morgan fingerprint density at radius 2 is 1.30 bits per heavy atom. The number of phosphoric ester groups is 1. The fourth-order valence-corrected chi connectivity index (χ4v) is 4.84. The van der Waals surface area contributed by atoms with Crippen molar-refractivity contribution in [2.45, 2.75) is 135 Å². The van der Waals surface area contributed by atoms with E-state index >= 15 is 0 Å². The number of aliphatic hydroxyl groups is 1. The van der Waals surface area contributed by atoms with Crippen LogP contribution in [-0.2, 0) is 18.4 Å². The van der Waals surface area contributed by atoms with Crippen LogP contribution in [0.1, 0.15) is 123 Å². The van der Waals surface area contributed by atoms with Gasteiger partial charge in [-0.05, 0) is 12.8 Å². The number of hydrogen-bond acceptors (Lipinski definition) is 5. The average Bonchev–Trinajstić information content (AvgIpc) is 2.81. The fourth-order valence-electron chi connectivity index (χ4n) is 4.10. The lowest BCUT2D eigenvalue weighted by molar-refractivity contribution is -0.870. The maximum Gasteiger partial charge on any atom is 0.472 e. The molecule has 0 spiro atoms. The van der Waals surface area contributed by atoms with Crippen LogP contribution < -0.4 is 5.32 Å². The van der Waals surface area contributed by atoms with E-state index in [1.54, 1.807) is 0 Å². The number of quaternary nitrogens is 1. The Hall–Kier alpha value is -0.500. The first-order valence-electron chi connectivity index (χ1n) is 14.9. The van der Waals surface area contributed by atoms with E-state index in [1.165, 1.54) is 57.8 Å². The van der Waals surface area contributed by atoms with E-state index in [1.807, 2.05) is 21.1 Å². The third kappa shape index (κ3) is 24.3. The summed E-state index contributed by atoms with van der Waals surface area (Å²) in [6.07, 6.45) is 17.1. The van der Waals surface area contributed by atoms with Gasteiger partial charge in [-0.2, -0.15) is 0 Å². The summed E-state index contributed by atoms with van der Waals surface area (Å²) in [4.78, 5) is 22.7. The van der Waals surface area contributed by atoms with Crippen molar-refractivity contribution in [1.29, 1.82) is 0 Å². The van der Waals surface area contributed by atoms with Crippen LogP contribution in [-0.4, -0.2) is 73.4 Å². The molecule has 0 bridgehead atoms. The zero-order valence-electron chi connectivity index (χ0n) is 24.7. The first-order chi connectivity index (χ1) is 17.5. The van der Waals surface area contributed by atoms with E-state index in [-0.39, 0.29) is 19.1 Å². The molecule has 0 saturated carbocycles. The van der Waals surface area contributed by atoms with Crippen molar-refractivity contribution < 1.29 is 32.9 Å². The summed E-state index contributed by atoms with van der Waals surface area (Å²) in [7, 11) is 1.61. The van der Waals surface area contributed by atoms with Crippen LogP contribution in [0.2, 0.25) is 0 Å². The summed E-state index contributed by atoms with van der Waals surface area (Å²) in [5.74, 6) is -0.156.